The Hall–Kier alpha value is -2.05. The number of nitrogens with zero attached hydrogens (tertiary/aromatic N) is 2. The smallest absolute Gasteiger partial charge is 0.326 e. The van der Waals surface area contributed by atoms with Gasteiger partial charge in [0.15, 0.2) is 0 Å². The Kier molecular flexibility index (Phi) is 6.42. The number of nitrogens with one attached hydrogen (secondary N) is 2. The molecule has 0 unspecified atom stereocenters. The first-order valence-electron chi connectivity index (χ1n) is 6.38. The van der Waals surface area contributed by atoms with E-state index >= 15 is 0 Å². The largest absolute Gasteiger partial charge is 0.480 e. The summed E-state index contributed by atoms with van der Waals surface area (Å²) in [5.41, 5.74) is 0. The van der Waals surface area contributed by atoms with Crippen LogP contribution in [0.5, 0.6) is 0 Å². The summed E-state index contributed by atoms with van der Waals surface area (Å²) in [6, 6.07) is 0.569. The average Bonchev–Trinajstić information content (AvgIpc) is 2.87. The molecule has 3 N–H and O–H groups in total. The van der Waals surface area contributed by atoms with E-state index in [1.807, 2.05) is 19.2 Å². The molecule has 0 aliphatic heterocycles. The van der Waals surface area contributed by atoms with Crippen molar-refractivity contribution in [3.8, 4) is 0 Å². The highest BCUT2D eigenvalue weighted by molar-refractivity contribution is 5.82. The number of carboxylic acids is 1. The molecule has 1 atom stereocenters. The highest BCUT2D eigenvalue weighted by Crippen LogP contribution is 1.96. The molecule has 1 heterocycles. The topological polar surface area (TPSA) is 96.3 Å². The van der Waals surface area contributed by atoms with Gasteiger partial charge < -0.3 is 15.7 Å². The van der Waals surface area contributed by atoms with Gasteiger partial charge in [0.1, 0.15) is 6.04 Å². The minimum atomic E-state index is -1.01. The first-order valence-corrected chi connectivity index (χ1v) is 6.38. The first kappa shape index (κ1) is 15.0. The summed E-state index contributed by atoms with van der Waals surface area (Å²) < 4.78 is 1.77. The molecule has 1 aromatic rings. The number of carbonyl (C=O) groups is 2. The van der Waals surface area contributed by atoms with Crippen molar-refractivity contribution in [1.29, 1.82) is 0 Å². The monoisotopic (exact) mass is 268 g/mol. The molecule has 0 saturated heterocycles. The number of hydrogen-bond acceptors (Lipinski definition) is 3. The van der Waals surface area contributed by atoms with Gasteiger partial charge in [-0.05, 0) is 18.9 Å². The molecule has 0 aliphatic carbocycles. The maximum atomic E-state index is 11.5. The van der Waals surface area contributed by atoms with E-state index in [4.69, 9.17) is 5.11 Å². The summed E-state index contributed by atoms with van der Waals surface area (Å²) in [5, 5.41) is 18.0. The standard InChI is InChI=1S/C12H20N4O3/c1-2-5-10(11(17)18)15-12(19)13-6-3-8-16-9-4-7-14-16/h4,7,9-10H,2-3,5-6,8H2,1H3,(H,17,18)(H2,13,15,19)/t10-/m1/s1. The van der Waals surface area contributed by atoms with Gasteiger partial charge in [-0.25, -0.2) is 9.59 Å². The van der Waals surface area contributed by atoms with Gasteiger partial charge in [0.05, 0.1) is 0 Å². The second kappa shape index (κ2) is 8.12. The number of urea groups is 1. The number of aliphatic carboxylic acids is 1. The lowest BCUT2D eigenvalue weighted by Gasteiger charge is -2.14. The minimum absolute atomic E-state index is 0.427. The fraction of sp³-hybridized carbons (Fsp3) is 0.583. The third kappa shape index (κ3) is 5.89. The van der Waals surface area contributed by atoms with Gasteiger partial charge in [-0.15, -0.1) is 0 Å². The summed E-state index contributed by atoms with van der Waals surface area (Å²) in [5.74, 6) is -1.01. The van der Waals surface area contributed by atoms with Crippen LogP contribution >= 0.6 is 0 Å². The van der Waals surface area contributed by atoms with E-state index < -0.39 is 18.0 Å². The van der Waals surface area contributed by atoms with E-state index in [0.717, 1.165) is 6.42 Å². The summed E-state index contributed by atoms with van der Waals surface area (Å²) in [6.07, 6.45) is 5.41. The van der Waals surface area contributed by atoms with E-state index in [9.17, 15) is 9.59 Å². The van der Waals surface area contributed by atoms with Gasteiger partial charge in [0.2, 0.25) is 0 Å². The zero-order valence-corrected chi connectivity index (χ0v) is 11.0. The number of aromatic nitrogens is 2. The van der Waals surface area contributed by atoms with E-state index in [1.54, 1.807) is 10.9 Å². The van der Waals surface area contributed by atoms with Crippen LogP contribution in [0, 0.1) is 0 Å². The van der Waals surface area contributed by atoms with Crippen LogP contribution in [-0.4, -0.2) is 39.5 Å². The zero-order valence-electron chi connectivity index (χ0n) is 11.0. The van der Waals surface area contributed by atoms with Crippen molar-refractivity contribution in [2.75, 3.05) is 6.54 Å². The zero-order chi connectivity index (χ0) is 14.1. The molecule has 0 aliphatic rings. The van der Waals surface area contributed by atoms with E-state index in [0.29, 0.717) is 25.9 Å². The Morgan fingerprint density at radius 1 is 1.47 bits per heavy atom. The van der Waals surface area contributed by atoms with Crippen LogP contribution in [-0.2, 0) is 11.3 Å². The lowest BCUT2D eigenvalue weighted by molar-refractivity contribution is -0.139. The van der Waals surface area contributed by atoms with Crippen LogP contribution in [0.25, 0.3) is 0 Å². The van der Waals surface area contributed by atoms with E-state index in [1.165, 1.54) is 0 Å². The number of aryl methyl sites for hydroxylation is 1. The predicted octanol–water partition coefficient (Wildman–Crippen LogP) is 0.826. The summed E-state index contributed by atoms with van der Waals surface area (Å²) in [7, 11) is 0. The Bertz CT molecular complexity index is 392. The first-order chi connectivity index (χ1) is 9.13. The quantitative estimate of drug-likeness (QED) is 0.608. The lowest BCUT2D eigenvalue weighted by atomic mass is 10.2. The number of carboxylic acid groups (broad SMARTS) is 1. The van der Waals surface area contributed by atoms with Crippen LogP contribution in [0.2, 0.25) is 0 Å². The van der Waals surface area contributed by atoms with Gasteiger partial charge >= 0.3 is 12.0 Å². The fourth-order valence-corrected chi connectivity index (χ4v) is 1.63. The molecule has 0 radical (unpaired) electrons. The third-order valence-electron chi connectivity index (χ3n) is 2.59. The molecule has 1 aromatic heterocycles. The molecule has 7 nitrogen and oxygen atoms in total. The predicted molar refractivity (Wildman–Crippen MR) is 69.7 cm³/mol. The Labute approximate surface area is 112 Å². The number of hydrogen-bond donors (Lipinski definition) is 3. The Morgan fingerprint density at radius 3 is 2.84 bits per heavy atom. The normalized spacial score (nSPS) is 11.8. The molecular formula is C12H20N4O3. The maximum Gasteiger partial charge on any atom is 0.326 e. The van der Waals surface area contributed by atoms with E-state index in [-0.39, 0.29) is 0 Å². The number of amides is 2. The summed E-state index contributed by atoms with van der Waals surface area (Å²) in [6.45, 7) is 3.06. The lowest BCUT2D eigenvalue weighted by Crippen LogP contribution is -2.46. The SMILES string of the molecule is CCC[C@@H](NC(=O)NCCCn1cccn1)C(=O)O. The Morgan fingerprint density at radius 2 is 2.26 bits per heavy atom. The van der Waals surface area contributed by atoms with Crippen molar-refractivity contribution < 1.29 is 14.7 Å². The van der Waals surface area contributed by atoms with Crippen molar-refractivity contribution in [3.63, 3.8) is 0 Å². The van der Waals surface area contributed by atoms with E-state index in [2.05, 4.69) is 15.7 Å². The van der Waals surface area contributed by atoms with Crippen molar-refractivity contribution in [2.24, 2.45) is 0 Å². The molecule has 0 saturated carbocycles. The molecule has 0 fully saturated rings. The highest BCUT2D eigenvalue weighted by atomic mass is 16.4. The Balaban J connectivity index is 2.17. The summed E-state index contributed by atoms with van der Waals surface area (Å²) in [4.78, 5) is 22.3. The molecule has 0 aromatic carbocycles. The van der Waals surface area contributed by atoms with Crippen molar-refractivity contribution in [1.82, 2.24) is 20.4 Å². The van der Waals surface area contributed by atoms with Gasteiger partial charge in [-0.1, -0.05) is 13.3 Å². The summed E-state index contributed by atoms with van der Waals surface area (Å²) >= 11 is 0. The molecule has 19 heavy (non-hydrogen) atoms. The molecule has 2 amide bonds. The maximum absolute atomic E-state index is 11.5. The van der Waals surface area contributed by atoms with Gasteiger partial charge in [-0.2, -0.15) is 5.10 Å². The molecular weight excluding hydrogens is 248 g/mol. The van der Waals surface area contributed by atoms with Crippen molar-refractivity contribution in [3.05, 3.63) is 18.5 Å². The molecule has 106 valence electrons. The van der Waals surface area contributed by atoms with Crippen LogP contribution in [0.3, 0.4) is 0 Å². The second-order valence-electron chi connectivity index (χ2n) is 4.20. The van der Waals surface area contributed by atoms with Gasteiger partial charge in [-0.3, -0.25) is 4.68 Å². The van der Waals surface area contributed by atoms with Crippen LogP contribution in [0.1, 0.15) is 26.2 Å². The van der Waals surface area contributed by atoms with Crippen molar-refractivity contribution in [2.45, 2.75) is 38.8 Å². The molecule has 0 spiro atoms. The van der Waals surface area contributed by atoms with Gasteiger partial charge in [0.25, 0.3) is 0 Å². The molecule has 1 rings (SSSR count). The van der Waals surface area contributed by atoms with Crippen LogP contribution in [0.15, 0.2) is 18.5 Å². The number of carbonyl (C=O) groups excluding carboxylic acids is 1. The van der Waals surface area contributed by atoms with Crippen LogP contribution in [0.4, 0.5) is 4.79 Å². The second-order valence-corrected chi connectivity index (χ2v) is 4.20. The minimum Gasteiger partial charge on any atom is -0.480 e. The van der Waals surface area contributed by atoms with Gasteiger partial charge in [0, 0.05) is 25.5 Å². The fourth-order valence-electron chi connectivity index (χ4n) is 1.63. The van der Waals surface area contributed by atoms with Crippen molar-refractivity contribution >= 4 is 12.0 Å². The third-order valence-corrected chi connectivity index (χ3v) is 2.59. The highest BCUT2D eigenvalue weighted by Gasteiger charge is 2.18. The molecule has 7 heteroatoms. The average molecular weight is 268 g/mol. The molecule has 0 bridgehead atoms. The number of rotatable bonds is 8. The van der Waals surface area contributed by atoms with Crippen LogP contribution < -0.4 is 10.6 Å².